The lowest BCUT2D eigenvalue weighted by Gasteiger charge is -2.36. The van der Waals surface area contributed by atoms with Gasteiger partial charge in [0, 0.05) is 42.2 Å². The molecule has 1 fully saturated rings. The number of carboxylic acids is 1. The van der Waals surface area contributed by atoms with Crippen LogP contribution in [0.15, 0.2) is 42.7 Å². The van der Waals surface area contributed by atoms with Gasteiger partial charge in [0.2, 0.25) is 11.8 Å². The molecule has 41 heavy (non-hydrogen) atoms. The molecule has 13 heteroatoms. The van der Waals surface area contributed by atoms with Gasteiger partial charge in [0.1, 0.15) is 11.6 Å². The highest BCUT2D eigenvalue weighted by molar-refractivity contribution is 5.84. The molecule has 2 aliphatic rings. The zero-order valence-electron chi connectivity index (χ0n) is 22.6. The first-order valence-corrected chi connectivity index (χ1v) is 12.8. The maximum Gasteiger partial charge on any atom is 0.490 e. The second-order valence-electron chi connectivity index (χ2n) is 10.0. The predicted octanol–water partition coefficient (Wildman–Crippen LogP) is 4.76. The van der Waals surface area contributed by atoms with Crippen LogP contribution in [0.5, 0.6) is 5.88 Å². The normalized spacial score (nSPS) is 18.6. The Hall–Kier alpha value is -4.29. The number of carbonyl (C=O) groups excluding carboxylic acids is 1. The van der Waals surface area contributed by atoms with E-state index < -0.39 is 23.9 Å². The molecule has 1 saturated heterocycles. The van der Waals surface area contributed by atoms with Crippen LogP contribution in [0.4, 0.5) is 23.4 Å². The molecule has 2 N–H and O–H groups in total. The van der Waals surface area contributed by atoms with E-state index in [9.17, 15) is 22.4 Å². The standard InChI is InChI=1S/C26H28FN5O2.C2HF3O2/c1-16(19-13-23(34-3)29-14-21(19)27)25(33)32-11-9-26(15-32)8-7-18-12-20(17(2)30-24(18)31-26)22-6-4-5-10-28-22;3-2(4,5)1(6)7/h4-6,10,12-14,16H,7-9,11,15H2,1-3H3,(H,30,31);(H,6,7)/t16-,26+;/m1./s1. The summed E-state index contributed by atoms with van der Waals surface area (Å²) in [5.74, 6) is -2.78. The minimum atomic E-state index is -5.08. The molecule has 3 aromatic heterocycles. The van der Waals surface area contributed by atoms with Gasteiger partial charge in [0.05, 0.1) is 30.5 Å². The van der Waals surface area contributed by atoms with E-state index in [1.54, 1.807) is 13.1 Å². The van der Waals surface area contributed by atoms with E-state index in [0.29, 0.717) is 24.5 Å². The average molecular weight is 576 g/mol. The van der Waals surface area contributed by atoms with Crippen LogP contribution in [-0.2, 0) is 16.0 Å². The first-order valence-electron chi connectivity index (χ1n) is 12.8. The Morgan fingerprint density at radius 2 is 1.93 bits per heavy atom. The van der Waals surface area contributed by atoms with Gasteiger partial charge in [-0.3, -0.25) is 9.78 Å². The summed E-state index contributed by atoms with van der Waals surface area (Å²) in [6.07, 6.45) is 0.428. The quantitative estimate of drug-likeness (QED) is 0.428. The zero-order valence-corrected chi connectivity index (χ0v) is 22.6. The Kier molecular flexibility index (Phi) is 8.45. The summed E-state index contributed by atoms with van der Waals surface area (Å²) >= 11 is 0. The number of hydrogen-bond donors (Lipinski definition) is 2. The number of aliphatic carboxylic acids is 1. The van der Waals surface area contributed by atoms with Crippen LogP contribution in [0.1, 0.15) is 42.5 Å². The number of fused-ring (bicyclic) bond motifs is 1. The number of rotatable bonds is 4. The van der Waals surface area contributed by atoms with Gasteiger partial charge >= 0.3 is 12.1 Å². The summed E-state index contributed by atoms with van der Waals surface area (Å²) < 4.78 is 51.2. The van der Waals surface area contributed by atoms with Crippen LogP contribution < -0.4 is 10.1 Å². The number of aryl methyl sites for hydroxylation is 2. The minimum absolute atomic E-state index is 0.0914. The number of aromatic nitrogens is 3. The molecular formula is C28H29F4N5O4. The van der Waals surface area contributed by atoms with Crippen molar-refractivity contribution < 1.29 is 37.0 Å². The summed E-state index contributed by atoms with van der Waals surface area (Å²) in [4.78, 5) is 37.2. The van der Waals surface area contributed by atoms with E-state index in [-0.39, 0.29) is 11.4 Å². The van der Waals surface area contributed by atoms with Gasteiger partial charge in [0.25, 0.3) is 0 Å². The first kappa shape index (κ1) is 29.7. The highest BCUT2D eigenvalue weighted by Crippen LogP contribution is 2.39. The highest BCUT2D eigenvalue weighted by atomic mass is 19.4. The maximum atomic E-state index is 14.4. The number of pyridine rings is 3. The van der Waals surface area contributed by atoms with Crippen molar-refractivity contribution in [2.24, 2.45) is 0 Å². The number of nitrogens with zero attached hydrogens (tertiary/aromatic N) is 4. The SMILES string of the molecule is COc1cc([C@@H](C)C(=O)N2CC[C@@]3(CCc4cc(-c5ccccn5)c(C)nc4N3)C2)c(F)cn1.O=C(O)C(F)(F)F. The van der Waals surface area contributed by atoms with E-state index in [1.165, 1.54) is 18.7 Å². The molecule has 2 atom stereocenters. The van der Waals surface area contributed by atoms with Crippen LogP contribution in [-0.4, -0.2) is 68.7 Å². The lowest BCUT2D eigenvalue weighted by molar-refractivity contribution is -0.192. The molecule has 9 nitrogen and oxygen atoms in total. The van der Waals surface area contributed by atoms with Crippen molar-refractivity contribution in [3.63, 3.8) is 0 Å². The molecule has 0 radical (unpaired) electrons. The Bertz CT molecular complexity index is 1440. The van der Waals surface area contributed by atoms with Gasteiger partial charge in [0.15, 0.2) is 0 Å². The molecule has 5 rings (SSSR count). The zero-order chi connectivity index (χ0) is 29.9. The molecule has 1 amide bonds. The smallest absolute Gasteiger partial charge is 0.481 e. The third-order valence-corrected chi connectivity index (χ3v) is 7.30. The van der Waals surface area contributed by atoms with Crippen molar-refractivity contribution in [3.8, 4) is 17.1 Å². The number of nitrogens with one attached hydrogen (secondary N) is 1. The Morgan fingerprint density at radius 3 is 2.56 bits per heavy atom. The molecule has 1 spiro atoms. The molecular weight excluding hydrogens is 546 g/mol. The highest BCUT2D eigenvalue weighted by Gasteiger charge is 2.43. The Labute approximate surface area is 233 Å². The molecule has 0 aromatic carbocycles. The number of carboxylic acid groups (broad SMARTS) is 1. The van der Waals surface area contributed by atoms with Crippen molar-refractivity contribution >= 4 is 17.7 Å². The number of anilines is 1. The van der Waals surface area contributed by atoms with Gasteiger partial charge in [-0.15, -0.1) is 0 Å². The molecule has 0 aliphatic carbocycles. The maximum absolute atomic E-state index is 14.4. The van der Waals surface area contributed by atoms with Crippen molar-refractivity contribution in [2.45, 2.75) is 50.7 Å². The second kappa shape index (κ2) is 11.7. The second-order valence-corrected chi connectivity index (χ2v) is 10.0. The van der Waals surface area contributed by atoms with Gasteiger partial charge in [-0.2, -0.15) is 13.2 Å². The Morgan fingerprint density at radius 1 is 1.20 bits per heavy atom. The molecule has 0 bridgehead atoms. The van der Waals surface area contributed by atoms with E-state index in [2.05, 4.69) is 21.4 Å². The van der Waals surface area contributed by atoms with Crippen LogP contribution in [0.2, 0.25) is 0 Å². The fourth-order valence-corrected chi connectivity index (χ4v) is 5.07. The summed E-state index contributed by atoms with van der Waals surface area (Å²) in [6.45, 7) is 4.93. The number of likely N-dealkylation sites (tertiary alicyclic amines) is 1. The summed E-state index contributed by atoms with van der Waals surface area (Å²) in [5, 5.41) is 10.8. The molecule has 0 saturated carbocycles. The number of ether oxygens (including phenoxy) is 1. The van der Waals surface area contributed by atoms with Crippen LogP contribution in [0.25, 0.3) is 11.3 Å². The van der Waals surface area contributed by atoms with Crippen LogP contribution in [0, 0.1) is 12.7 Å². The molecule has 3 aromatic rings. The van der Waals surface area contributed by atoms with E-state index in [0.717, 1.165) is 48.2 Å². The summed E-state index contributed by atoms with van der Waals surface area (Å²) in [6, 6.07) is 9.57. The predicted molar refractivity (Wildman–Crippen MR) is 141 cm³/mol. The number of halogens is 4. The topological polar surface area (TPSA) is 118 Å². The van der Waals surface area contributed by atoms with Crippen LogP contribution in [0.3, 0.4) is 0 Å². The van der Waals surface area contributed by atoms with Crippen molar-refractivity contribution in [1.82, 2.24) is 19.9 Å². The summed E-state index contributed by atoms with van der Waals surface area (Å²) in [5.41, 5.74) is 4.14. The fourth-order valence-electron chi connectivity index (χ4n) is 5.07. The number of carbonyl (C=O) groups is 2. The van der Waals surface area contributed by atoms with E-state index in [4.69, 9.17) is 19.6 Å². The lowest BCUT2D eigenvalue weighted by Crippen LogP contribution is -2.46. The van der Waals surface area contributed by atoms with Gasteiger partial charge in [-0.25, -0.2) is 19.2 Å². The fraction of sp³-hybridized carbons (Fsp3) is 0.393. The molecule has 0 unspecified atom stereocenters. The molecule has 2 aliphatic heterocycles. The van der Waals surface area contributed by atoms with Crippen LogP contribution >= 0.6 is 0 Å². The first-order chi connectivity index (χ1) is 19.3. The molecule has 218 valence electrons. The van der Waals surface area contributed by atoms with Crippen molar-refractivity contribution in [3.05, 3.63) is 65.4 Å². The third kappa shape index (κ3) is 6.55. The minimum Gasteiger partial charge on any atom is -0.481 e. The van der Waals surface area contributed by atoms with Gasteiger partial charge in [-0.1, -0.05) is 6.07 Å². The number of methoxy groups -OCH3 is 1. The number of alkyl halides is 3. The number of hydrogen-bond acceptors (Lipinski definition) is 7. The van der Waals surface area contributed by atoms with Gasteiger partial charge in [-0.05, 0) is 56.9 Å². The largest absolute Gasteiger partial charge is 0.490 e. The van der Waals surface area contributed by atoms with Gasteiger partial charge < -0.3 is 20.1 Å². The average Bonchev–Trinajstić information content (AvgIpc) is 3.35. The van der Waals surface area contributed by atoms with Crippen molar-refractivity contribution in [1.29, 1.82) is 0 Å². The number of amides is 1. The van der Waals surface area contributed by atoms with E-state index >= 15 is 0 Å². The lowest BCUT2D eigenvalue weighted by atomic mass is 9.86. The van der Waals surface area contributed by atoms with E-state index in [1.807, 2.05) is 30.0 Å². The monoisotopic (exact) mass is 575 g/mol. The molecule has 5 heterocycles. The Balaban J connectivity index is 0.000000493. The van der Waals surface area contributed by atoms with Crippen molar-refractivity contribution in [2.75, 3.05) is 25.5 Å². The summed E-state index contributed by atoms with van der Waals surface area (Å²) in [7, 11) is 1.47. The third-order valence-electron chi connectivity index (χ3n) is 7.30.